The average molecular weight is 228 g/mol. The van der Waals surface area contributed by atoms with E-state index in [0.29, 0.717) is 17.1 Å². The maximum Gasteiger partial charge on any atom is 0.338 e. The summed E-state index contributed by atoms with van der Waals surface area (Å²) in [6.07, 6.45) is -2.18. The van der Waals surface area contributed by atoms with Gasteiger partial charge in [-0.1, -0.05) is 0 Å². The lowest BCUT2D eigenvalue weighted by molar-refractivity contribution is -0.142. The van der Waals surface area contributed by atoms with Gasteiger partial charge in [-0.2, -0.15) is 0 Å². The molecule has 0 aromatic heterocycles. The van der Waals surface area contributed by atoms with Gasteiger partial charge in [0.15, 0.2) is 0 Å². The number of hydrogen-bond acceptors (Lipinski definition) is 3. The van der Waals surface area contributed by atoms with E-state index in [9.17, 15) is 9.18 Å². The first-order valence-corrected chi connectivity index (χ1v) is 4.66. The number of aliphatic carboxylic acids is 1. The number of alkyl halides is 1. The normalized spacial score (nSPS) is 11.9. The van der Waals surface area contributed by atoms with Crippen LogP contribution in [0, 0.1) is 0 Å². The number of ether oxygens (including phenoxy) is 2. The van der Waals surface area contributed by atoms with Crippen molar-refractivity contribution in [3.63, 3.8) is 0 Å². The van der Waals surface area contributed by atoms with Crippen LogP contribution in [0.15, 0.2) is 18.2 Å². The Morgan fingerprint density at radius 2 is 2.12 bits per heavy atom. The molecule has 0 bridgehead atoms. The Balaban J connectivity index is 2.95. The van der Waals surface area contributed by atoms with Crippen molar-refractivity contribution in [1.29, 1.82) is 0 Å². The molecule has 1 N–H and O–H groups in total. The van der Waals surface area contributed by atoms with Crippen molar-refractivity contribution in [1.82, 2.24) is 0 Å². The predicted molar refractivity (Wildman–Crippen MR) is 55.8 cm³/mol. The molecular weight excluding hydrogens is 215 g/mol. The quantitative estimate of drug-likeness (QED) is 0.832. The zero-order chi connectivity index (χ0) is 12.1. The number of methoxy groups -OCH3 is 2. The van der Waals surface area contributed by atoms with E-state index in [2.05, 4.69) is 0 Å². The van der Waals surface area contributed by atoms with Crippen LogP contribution in [0.3, 0.4) is 0 Å². The van der Waals surface area contributed by atoms with E-state index < -0.39 is 12.1 Å². The van der Waals surface area contributed by atoms with E-state index in [4.69, 9.17) is 14.6 Å². The fourth-order valence-electron chi connectivity index (χ4n) is 1.32. The Morgan fingerprint density at radius 1 is 1.44 bits per heavy atom. The monoisotopic (exact) mass is 228 g/mol. The first kappa shape index (κ1) is 12.3. The van der Waals surface area contributed by atoms with E-state index in [1.165, 1.54) is 14.2 Å². The van der Waals surface area contributed by atoms with Crippen LogP contribution >= 0.6 is 0 Å². The second-order valence-electron chi connectivity index (χ2n) is 3.19. The van der Waals surface area contributed by atoms with E-state index in [1.807, 2.05) is 0 Å². The Bertz CT molecular complexity index is 378. The van der Waals surface area contributed by atoms with Gasteiger partial charge in [-0.25, -0.2) is 9.18 Å². The highest BCUT2D eigenvalue weighted by Gasteiger charge is 2.18. The van der Waals surface area contributed by atoms with Crippen LogP contribution in [0.1, 0.15) is 5.56 Å². The smallest absolute Gasteiger partial charge is 0.338 e. The van der Waals surface area contributed by atoms with Gasteiger partial charge in [-0.15, -0.1) is 0 Å². The fraction of sp³-hybridized carbons (Fsp3) is 0.364. The van der Waals surface area contributed by atoms with E-state index in [0.717, 1.165) is 0 Å². The van der Waals surface area contributed by atoms with Crippen LogP contribution in [0.25, 0.3) is 0 Å². The molecule has 0 radical (unpaired) electrons. The molecule has 0 aliphatic rings. The maximum absolute atomic E-state index is 13.1. The van der Waals surface area contributed by atoms with Gasteiger partial charge in [0.25, 0.3) is 0 Å². The fourth-order valence-corrected chi connectivity index (χ4v) is 1.32. The van der Waals surface area contributed by atoms with Crippen molar-refractivity contribution in [2.75, 3.05) is 14.2 Å². The highest BCUT2D eigenvalue weighted by atomic mass is 19.1. The number of carbonyl (C=O) groups is 1. The van der Waals surface area contributed by atoms with Crippen LogP contribution in [0.5, 0.6) is 11.5 Å². The molecule has 1 unspecified atom stereocenters. The van der Waals surface area contributed by atoms with Gasteiger partial charge in [0.05, 0.1) is 14.2 Å². The third kappa shape index (κ3) is 2.85. The zero-order valence-electron chi connectivity index (χ0n) is 9.07. The van der Waals surface area contributed by atoms with Crippen molar-refractivity contribution in [2.45, 2.75) is 12.6 Å². The van der Waals surface area contributed by atoms with Crippen LogP contribution in [0.2, 0.25) is 0 Å². The summed E-state index contributed by atoms with van der Waals surface area (Å²) < 4.78 is 23.0. The first-order chi connectivity index (χ1) is 7.58. The van der Waals surface area contributed by atoms with Crippen LogP contribution in [-0.2, 0) is 11.2 Å². The second-order valence-corrected chi connectivity index (χ2v) is 3.19. The number of benzene rings is 1. The molecule has 0 saturated carbocycles. The van der Waals surface area contributed by atoms with E-state index in [1.54, 1.807) is 18.2 Å². The summed E-state index contributed by atoms with van der Waals surface area (Å²) in [5.74, 6) is -0.497. The van der Waals surface area contributed by atoms with Gasteiger partial charge in [-0.05, 0) is 18.2 Å². The van der Waals surface area contributed by atoms with Crippen LogP contribution in [0.4, 0.5) is 4.39 Å². The topological polar surface area (TPSA) is 55.8 Å². The molecule has 0 aliphatic heterocycles. The Labute approximate surface area is 92.6 Å². The number of halogens is 1. The van der Waals surface area contributed by atoms with Crippen molar-refractivity contribution in [3.05, 3.63) is 23.8 Å². The van der Waals surface area contributed by atoms with Crippen molar-refractivity contribution < 1.29 is 23.8 Å². The van der Waals surface area contributed by atoms with Crippen molar-refractivity contribution in [3.8, 4) is 11.5 Å². The number of rotatable bonds is 5. The van der Waals surface area contributed by atoms with Gasteiger partial charge >= 0.3 is 5.97 Å². The zero-order valence-corrected chi connectivity index (χ0v) is 9.07. The molecule has 0 fully saturated rings. The third-order valence-corrected chi connectivity index (χ3v) is 2.15. The minimum atomic E-state index is -1.94. The lowest BCUT2D eigenvalue weighted by atomic mass is 10.1. The molecular formula is C11H13FO4. The lowest BCUT2D eigenvalue weighted by Gasteiger charge is -2.10. The second kappa shape index (κ2) is 5.34. The molecule has 1 aromatic rings. The summed E-state index contributed by atoms with van der Waals surface area (Å²) in [6.45, 7) is 0. The minimum absolute atomic E-state index is 0.240. The average Bonchev–Trinajstić information content (AvgIpc) is 2.28. The molecule has 5 heteroatoms. The number of carboxylic acid groups (broad SMARTS) is 1. The van der Waals surface area contributed by atoms with Gasteiger partial charge in [0.2, 0.25) is 6.17 Å². The molecule has 4 nitrogen and oxygen atoms in total. The molecule has 1 rings (SSSR count). The molecule has 0 amide bonds. The van der Waals surface area contributed by atoms with Crippen LogP contribution < -0.4 is 9.47 Å². The van der Waals surface area contributed by atoms with E-state index >= 15 is 0 Å². The third-order valence-electron chi connectivity index (χ3n) is 2.15. The molecule has 88 valence electrons. The standard InChI is InChI=1S/C11H13FO4/c1-15-8-3-4-10(16-2)7(5-8)6-9(12)11(13)14/h3-5,9H,6H2,1-2H3,(H,13,14). The molecule has 0 heterocycles. The first-order valence-electron chi connectivity index (χ1n) is 4.66. The summed E-state index contributed by atoms with van der Waals surface area (Å²) in [4.78, 5) is 10.4. The summed E-state index contributed by atoms with van der Waals surface area (Å²) in [6, 6.07) is 4.84. The largest absolute Gasteiger partial charge is 0.497 e. The molecule has 16 heavy (non-hydrogen) atoms. The molecule has 1 aromatic carbocycles. The lowest BCUT2D eigenvalue weighted by Crippen LogP contribution is -2.17. The Hall–Kier alpha value is -1.78. The number of hydrogen-bond donors (Lipinski definition) is 1. The van der Waals surface area contributed by atoms with E-state index in [-0.39, 0.29) is 6.42 Å². The van der Waals surface area contributed by atoms with Gasteiger partial charge in [0, 0.05) is 12.0 Å². The van der Waals surface area contributed by atoms with Crippen molar-refractivity contribution >= 4 is 5.97 Å². The summed E-state index contributed by atoms with van der Waals surface area (Å²) >= 11 is 0. The highest BCUT2D eigenvalue weighted by molar-refractivity contribution is 5.72. The van der Waals surface area contributed by atoms with Crippen molar-refractivity contribution in [2.24, 2.45) is 0 Å². The highest BCUT2D eigenvalue weighted by Crippen LogP contribution is 2.25. The SMILES string of the molecule is COc1ccc(OC)c(CC(F)C(=O)O)c1. The van der Waals surface area contributed by atoms with Gasteiger partial charge in [0.1, 0.15) is 11.5 Å². The molecule has 0 saturated heterocycles. The number of carboxylic acids is 1. The molecule has 0 spiro atoms. The minimum Gasteiger partial charge on any atom is -0.497 e. The summed E-state index contributed by atoms with van der Waals surface area (Å²) in [5, 5.41) is 8.49. The van der Waals surface area contributed by atoms with Gasteiger partial charge in [-0.3, -0.25) is 0 Å². The Morgan fingerprint density at radius 3 is 2.62 bits per heavy atom. The maximum atomic E-state index is 13.1. The molecule has 0 aliphatic carbocycles. The van der Waals surface area contributed by atoms with Crippen LogP contribution in [-0.4, -0.2) is 31.5 Å². The molecule has 1 atom stereocenters. The summed E-state index contributed by atoms with van der Waals surface area (Å²) in [7, 11) is 2.93. The predicted octanol–water partition coefficient (Wildman–Crippen LogP) is 1.67. The Kier molecular flexibility index (Phi) is 4.10. The van der Waals surface area contributed by atoms with Gasteiger partial charge < -0.3 is 14.6 Å². The summed E-state index contributed by atoms with van der Waals surface area (Å²) in [5.41, 5.74) is 0.469.